The number of thioether (sulfide) groups is 1. The quantitative estimate of drug-likeness (QED) is 0.681. The van der Waals surface area contributed by atoms with Crippen LogP contribution >= 0.6 is 11.8 Å². The molecule has 1 aliphatic rings. The zero-order valence-electron chi connectivity index (χ0n) is 14.0. The molecule has 1 unspecified atom stereocenters. The van der Waals surface area contributed by atoms with Crippen LogP contribution in [0.3, 0.4) is 0 Å². The molecule has 1 heterocycles. The lowest BCUT2D eigenvalue weighted by Gasteiger charge is -2.40. The minimum atomic E-state index is -0.377. The SMILES string of the molecule is CSCC[C@@H](N)C(=O)NCC(C(C)C)N1CCN(C)CC1. The van der Waals surface area contributed by atoms with Crippen molar-refractivity contribution >= 4 is 17.7 Å². The minimum absolute atomic E-state index is 0.0103. The molecular formula is C15H32N4OS. The van der Waals surface area contributed by atoms with E-state index in [1.807, 2.05) is 6.26 Å². The van der Waals surface area contributed by atoms with Gasteiger partial charge in [0.25, 0.3) is 0 Å². The highest BCUT2D eigenvalue weighted by atomic mass is 32.2. The number of rotatable bonds is 8. The molecule has 0 aromatic rings. The van der Waals surface area contributed by atoms with E-state index in [4.69, 9.17) is 5.73 Å². The minimum Gasteiger partial charge on any atom is -0.353 e. The molecule has 0 aromatic heterocycles. The molecule has 1 fully saturated rings. The van der Waals surface area contributed by atoms with Gasteiger partial charge in [0.05, 0.1) is 6.04 Å². The molecule has 1 amide bonds. The van der Waals surface area contributed by atoms with Gasteiger partial charge < -0.3 is 16.0 Å². The summed E-state index contributed by atoms with van der Waals surface area (Å²) in [7, 11) is 2.16. The first-order valence-corrected chi connectivity index (χ1v) is 9.30. The molecule has 1 aliphatic heterocycles. The summed E-state index contributed by atoms with van der Waals surface area (Å²) in [6.45, 7) is 9.51. The molecule has 21 heavy (non-hydrogen) atoms. The summed E-state index contributed by atoms with van der Waals surface area (Å²) in [5.41, 5.74) is 5.92. The highest BCUT2D eigenvalue weighted by molar-refractivity contribution is 7.98. The van der Waals surface area contributed by atoms with Gasteiger partial charge in [-0.3, -0.25) is 9.69 Å². The molecule has 0 bridgehead atoms. The first kappa shape index (κ1) is 18.7. The number of nitrogens with two attached hydrogens (primary N) is 1. The van der Waals surface area contributed by atoms with Gasteiger partial charge in [0.15, 0.2) is 0 Å². The van der Waals surface area contributed by atoms with Crippen molar-refractivity contribution in [1.82, 2.24) is 15.1 Å². The van der Waals surface area contributed by atoms with Crippen LogP contribution in [0, 0.1) is 5.92 Å². The van der Waals surface area contributed by atoms with Crippen LogP contribution in [0.1, 0.15) is 20.3 Å². The Morgan fingerprint density at radius 2 is 1.90 bits per heavy atom. The maximum atomic E-state index is 12.0. The zero-order chi connectivity index (χ0) is 15.8. The Hall–Kier alpha value is -0.300. The van der Waals surface area contributed by atoms with Crippen molar-refractivity contribution in [2.24, 2.45) is 11.7 Å². The monoisotopic (exact) mass is 316 g/mol. The Kier molecular flexibility index (Phi) is 8.63. The third-order valence-corrected chi connectivity index (χ3v) is 4.88. The molecule has 0 aliphatic carbocycles. The lowest BCUT2D eigenvalue weighted by atomic mass is 10.0. The Morgan fingerprint density at radius 1 is 1.29 bits per heavy atom. The fraction of sp³-hybridized carbons (Fsp3) is 0.933. The second-order valence-corrected chi connectivity index (χ2v) is 7.27. The van der Waals surface area contributed by atoms with Crippen molar-refractivity contribution in [3.8, 4) is 0 Å². The van der Waals surface area contributed by atoms with Gasteiger partial charge in [-0.15, -0.1) is 0 Å². The summed E-state index contributed by atoms with van der Waals surface area (Å²) < 4.78 is 0. The van der Waals surface area contributed by atoms with E-state index in [-0.39, 0.29) is 11.9 Å². The van der Waals surface area contributed by atoms with Gasteiger partial charge in [0.1, 0.15) is 0 Å². The van der Waals surface area contributed by atoms with Gasteiger partial charge >= 0.3 is 0 Å². The van der Waals surface area contributed by atoms with Gasteiger partial charge in [-0.2, -0.15) is 11.8 Å². The average Bonchev–Trinajstić information content (AvgIpc) is 2.46. The van der Waals surface area contributed by atoms with E-state index in [0.717, 1.165) is 38.4 Å². The van der Waals surface area contributed by atoms with Crippen LogP contribution in [0.25, 0.3) is 0 Å². The molecule has 1 rings (SSSR count). The number of carbonyl (C=O) groups is 1. The molecule has 1 saturated heterocycles. The summed E-state index contributed by atoms with van der Waals surface area (Å²) >= 11 is 1.73. The average molecular weight is 317 g/mol. The Morgan fingerprint density at radius 3 is 2.43 bits per heavy atom. The van der Waals surface area contributed by atoms with Crippen molar-refractivity contribution in [3.05, 3.63) is 0 Å². The Labute approximate surface area is 134 Å². The number of carbonyl (C=O) groups excluding carboxylic acids is 1. The van der Waals surface area contributed by atoms with Crippen LogP contribution in [0.2, 0.25) is 0 Å². The molecule has 2 atom stereocenters. The molecule has 5 nitrogen and oxygen atoms in total. The van der Waals surface area contributed by atoms with Crippen LogP contribution in [0.4, 0.5) is 0 Å². The zero-order valence-corrected chi connectivity index (χ0v) is 14.8. The van der Waals surface area contributed by atoms with Crippen LogP contribution in [0.5, 0.6) is 0 Å². The third-order valence-electron chi connectivity index (χ3n) is 4.23. The number of nitrogens with one attached hydrogen (secondary N) is 1. The van der Waals surface area contributed by atoms with Gasteiger partial charge in [-0.25, -0.2) is 0 Å². The second-order valence-electron chi connectivity index (χ2n) is 6.28. The van der Waals surface area contributed by atoms with Crippen molar-refractivity contribution < 1.29 is 4.79 Å². The maximum Gasteiger partial charge on any atom is 0.237 e. The second kappa shape index (κ2) is 9.66. The van der Waals surface area contributed by atoms with E-state index < -0.39 is 0 Å². The topological polar surface area (TPSA) is 61.6 Å². The Balaban J connectivity index is 2.42. The van der Waals surface area contributed by atoms with E-state index in [1.165, 1.54) is 0 Å². The lowest BCUT2D eigenvalue weighted by Crippen LogP contribution is -2.55. The summed E-state index contributed by atoms with van der Waals surface area (Å²) in [6.07, 6.45) is 2.78. The largest absolute Gasteiger partial charge is 0.353 e. The number of hydrogen-bond acceptors (Lipinski definition) is 5. The maximum absolute atomic E-state index is 12.0. The fourth-order valence-electron chi connectivity index (χ4n) is 2.65. The van der Waals surface area contributed by atoms with Gasteiger partial charge in [0.2, 0.25) is 5.91 Å². The standard InChI is InChI=1S/C15H32N4OS/c1-12(2)14(19-8-6-18(3)7-9-19)11-17-15(20)13(16)5-10-21-4/h12-14H,5-11,16H2,1-4H3,(H,17,20)/t13-,14?/m1/s1. The highest BCUT2D eigenvalue weighted by Crippen LogP contribution is 2.13. The number of piperazine rings is 1. The van der Waals surface area contributed by atoms with E-state index in [1.54, 1.807) is 11.8 Å². The lowest BCUT2D eigenvalue weighted by molar-refractivity contribution is -0.122. The van der Waals surface area contributed by atoms with E-state index >= 15 is 0 Å². The fourth-order valence-corrected chi connectivity index (χ4v) is 3.14. The summed E-state index contributed by atoms with van der Waals surface area (Å²) in [5, 5.41) is 3.05. The molecule has 0 radical (unpaired) electrons. The van der Waals surface area contributed by atoms with Gasteiger partial charge in [-0.05, 0) is 31.4 Å². The molecule has 0 spiro atoms. The van der Waals surface area contributed by atoms with Gasteiger partial charge in [0, 0.05) is 38.8 Å². The van der Waals surface area contributed by atoms with Crippen LogP contribution in [0.15, 0.2) is 0 Å². The molecule has 6 heteroatoms. The summed E-state index contributed by atoms with van der Waals surface area (Å²) in [4.78, 5) is 16.9. The Bertz CT molecular complexity index is 306. The van der Waals surface area contributed by atoms with E-state index in [0.29, 0.717) is 18.5 Å². The van der Waals surface area contributed by atoms with Crippen LogP contribution in [-0.4, -0.2) is 79.6 Å². The van der Waals surface area contributed by atoms with Gasteiger partial charge in [-0.1, -0.05) is 13.8 Å². The number of amides is 1. The third kappa shape index (κ3) is 6.55. The number of nitrogens with zero attached hydrogens (tertiary/aromatic N) is 2. The summed E-state index contributed by atoms with van der Waals surface area (Å²) in [5.74, 6) is 1.45. The van der Waals surface area contributed by atoms with Crippen LogP contribution in [-0.2, 0) is 4.79 Å². The van der Waals surface area contributed by atoms with Crippen molar-refractivity contribution in [1.29, 1.82) is 0 Å². The molecule has 3 N–H and O–H groups in total. The normalized spacial score (nSPS) is 20.5. The number of hydrogen-bond donors (Lipinski definition) is 2. The highest BCUT2D eigenvalue weighted by Gasteiger charge is 2.25. The van der Waals surface area contributed by atoms with E-state index in [2.05, 4.69) is 36.0 Å². The van der Waals surface area contributed by atoms with Crippen molar-refractivity contribution in [2.45, 2.75) is 32.4 Å². The smallest absolute Gasteiger partial charge is 0.237 e. The predicted molar refractivity (Wildman–Crippen MR) is 91.7 cm³/mol. The van der Waals surface area contributed by atoms with E-state index in [9.17, 15) is 4.79 Å². The molecular weight excluding hydrogens is 284 g/mol. The predicted octanol–water partition coefficient (Wildman–Crippen LogP) is 0.455. The molecule has 0 aromatic carbocycles. The van der Waals surface area contributed by atoms with Crippen LogP contribution < -0.4 is 11.1 Å². The number of likely N-dealkylation sites (N-methyl/N-ethyl adjacent to an activating group) is 1. The van der Waals surface area contributed by atoms with Crippen molar-refractivity contribution in [3.63, 3.8) is 0 Å². The first-order valence-electron chi connectivity index (χ1n) is 7.90. The molecule has 0 saturated carbocycles. The molecule has 124 valence electrons. The summed E-state index contributed by atoms with van der Waals surface area (Å²) in [6, 6.07) is 0.0214. The first-order chi connectivity index (χ1) is 9.95. The van der Waals surface area contributed by atoms with Crippen molar-refractivity contribution in [2.75, 3.05) is 51.8 Å².